The van der Waals surface area contributed by atoms with E-state index in [0.717, 1.165) is 30.7 Å². The lowest BCUT2D eigenvalue weighted by Crippen LogP contribution is -2.43. The van der Waals surface area contributed by atoms with Crippen molar-refractivity contribution < 1.29 is 4.79 Å². The molecule has 0 aromatic heterocycles. The summed E-state index contributed by atoms with van der Waals surface area (Å²) in [6.45, 7) is 8.10. The van der Waals surface area contributed by atoms with Crippen LogP contribution in [0.15, 0.2) is 24.3 Å². The van der Waals surface area contributed by atoms with E-state index < -0.39 is 0 Å². The first-order chi connectivity index (χ1) is 11.6. The van der Waals surface area contributed by atoms with E-state index in [-0.39, 0.29) is 5.91 Å². The number of likely N-dealkylation sites (tertiary alicyclic amines) is 1. The van der Waals surface area contributed by atoms with Crippen molar-refractivity contribution in [3.8, 4) is 0 Å². The molecule has 2 heterocycles. The maximum atomic E-state index is 12.4. The van der Waals surface area contributed by atoms with Gasteiger partial charge < -0.3 is 10.6 Å². The van der Waals surface area contributed by atoms with Gasteiger partial charge in [0.1, 0.15) is 0 Å². The zero-order valence-electron chi connectivity index (χ0n) is 15.1. The number of carbonyl (C=O) groups is 1. The Bertz CT molecular complexity index is 544. The van der Waals surface area contributed by atoms with Gasteiger partial charge in [0.25, 0.3) is 0 Å². The molecule has 2 aliphatic rings. The molecule has 2 aliphatic heterocycles. The smallest absolute Gasteiger partial charge is 0.238 e. The van der Waals surface area contributed by atoms with E-state index in [1.54, 1.807) is 0 Å². The SMILES string of the molecule is CC(C)c1ccccc1NC(=O)CN1CCC(C2CCCN2)CC1. The fourth-order valence-electron chi connectivity index (χ4n) is 4.13. The fourth-order valence-corrected chi connectivity index (χ4v) is 4.13. The average molecular weight is 329 g/mol. The van der Waals surface area contributed by atoms with Gasteiger partial charge >= 0.3 is 0 Å². The number of nitrogens with zero attached hydrogens (tertiary/aromatic N) is 1. The molecular weight excluding hydrogens is 298 g/mol. The van der Waals surface area contributed by atoms with E-state index >= 15 is 0 Å². The molecule has 2 fully saturated rings. The number of nitrogens with one attached hydrogen (secondary N) is 2. The van der Waals surface area contributed by atoms with Gasteiger partial charge in [-0.15, -0.1) is 0 Å². The number of hydrogen-bond acceptors (Lipinski definition) is 3. The van der Waals surface area contributed by atoms with Gasteiger partial charge in [0.05, 0.1) is 6.54 Å². The minimum atomic E-state index is 0.112. The standard InChI is InChI=1S/C20H31N3O/c1-15(2)17-6-3-4-7-19(17)22-20(24)14-23-12-9-16(10-13-23)18-8-5-11-21-18/h3-4,6-7,15-16,18,21H,5,8-14H2,1-2H3,(H,22,24). The Morgan fingerprint density at radius 1 is 1.25 bits per heavy atom. The van der Waals surface area contributed by atoms with Crippen LogP contribution in [0.3, 0.4) is 0 Å². The van der Waals surface area contributed by atoms with Gasteiger partial charge in [-0.25, -0.2) is 0 Å². The number of para-hydroxylation sites is 1. The van der Waals surface area contributed by atoms with Gasteiger partial charge in [0.15, 0.2) is 0 Å². The molecule has 1 aromatic carbocycles. The highest BCUT2D eigenvalue weighted by atomic mass is 16.2. The quantitative estimate of drug-likeness (QED) is 0.872. The Morgan fingerprint density at radius 3 is 2.67 bits per heavy atom. The van der Waals surface area contributed by atoms with Crippen LogP contribution in [0.25, 0.3) is 0 Å². The van der Waals surface area contributed by atoms with Crippen LogP contribution in [0.5, 0.6) is 0 Å². The van der Waals surface area contributed by atoms with Crippen LogP contribution in [0, 0.1) is 5.92 Å². The summed E-state index contributed by atoms with van der Waals surface area (Å²) in [5.41, 5.74) is 2.17. The highest BCUT2D eigenvalue weighted by Crippen LogP contribution is 2.26. The molecule has 1 atom stereocenters. The van der Waals surface area contributed by atoms with Crippen molar-refractivity contribution in [3.63, 3.8) is 0 Å². The maximum absolute atomic E-state index is 12.4. The molecule has 1 aromatic rings. The van der Waals surface area contributed by atoms with Gasteiger partial charge in [0.2, 0.25) is 5.91 Å². The van der Waals surface area contributed by atoms with Gasteiger partial charge in [-0.3, -0.25) is 9.69 Å². The molecule has 2 N–H and O–H groups in total. The molecule has 1 unspecified atom stereocenters. The second kappa shape index (κ2) is 8.13. The lowest BCUT2D eigenvalue weighted by atomic mass is 9.88. The van der Waals surface area contributed by atoms with Crippen molar-refractivity contribution in [2.45, 2.75) is 51.5 Å². The van der Waals surface area contributed by atoms with Crippen LogP contribution >= 0.6 is 0 Å². The van der Waals surface area contributed by atoms with Crippen LogP contribution < -0.4 is 10.6 Å². The number of carbonyl (C=O) groups excluding carboxylic acids is 1. The fraction of sp³-hybridized carbons (Fsp3) is 0.650. The van der Waals surface area contributed by atoms with E-state index in [2.05, 4.69) is 35.4 Å². The van der Waals surface area contributed by atoms with Crippen molar-refractivity contribution in [2.24, 2.45) is 5.92 Å². The predicted molar refractivity (Wildman–Crippen MR) is 99.3 cm³/mol. The Morgan fingerprint density at radius 2 is 2.00 bits per heavy atom. The number of benzene rings is 1. The molecule has 4 nitrogen and oxygen atoms in total. The zero-order chi connectivity index (χ0) is 16.9. The van der Waals surface area contributed by atoms with Crippen LogP contribution in [-0.4, -0.2) is 43.0 Å². The van der Waals surface area contributed by atoms with Gasteiger partial charge in [-0.05, 0) is 68.8 Å². The zero-order valence-corrected chi connectivity index (χ0v) is 15.1. The van der Waals surface area contributed by atoms with Crippen LogP contribution in [0.2, 0.25) is 0 Å². The molecule has 132 valence electrons. The summed E-state index contributed by atoms with van der Waals surface area (Å²) in [7, 11) is 0. The molecule has 0 spiro atoms. The Balaban J connectivity index is 1.48. The summed E-state index contributed by atoms with van der Waals surface area (Å²) < 4.78 is 0. The third kappa shape index (κ3) is 4.37. The Labute approximate surface area is 146 Å². The number of piperidine rings is 1. The lowest BCUT2D eigenvalue weighted by molar-refractivity contribution is -0.117. The monoisotopic (exact) mass is 329 g/mol. The molecule has 0 radical (unpaired) electrons. The first-order valence-electron chi connectivity index (χ1n) is 9.48. The molecule has 0 saturated carbocycles. The highest BCUT2D eigenvalue weighted by molar-refractivity contribution is 5.93. The molecule has 4 heteroatoms. The largest absolute Gasteiger partial charge is 0.325 e. The topological polar surface area (TPSA) is 44.4 Å². The predicted octanol–water partition coefficient (Wildman–Crippen LogP) is 3.21. The average Bonchev–Trinajstić information content (AvgIpc) is 3.10. The lowest BCUT2D eigenvalue weighted by Gasteiger charge is -2.34. The third-order valence-electron chi connectivity index (χ3n) is 5.52. The van der Waals surface area contributed by atoms with Crippen molar-refractivity contribution >= 4 is 11.6 Å². The Hall–Kier alpha value is -1.39. The van der Waals surface area contributed by atoms with E-state index in [0.29, 0.717) is 12.5 Å². The molecule has 0 aliphatic carbocycles. The molecule has 24 heavy (non-hydrogen) atoms. The summed E-state index contributed by atoms with van der Waals surface area (Å²) in [6, 6.07) is 8.85. The van der Waals surface area contributed by atoms with Crippen molar-refractivity contribution in [1.82, 2.24) is 10.2 Å². The summed E-state index contributed by atoms with van der Waals surface area (Å²) in [5, 5.41) is 6.75. The summed E-state index contributed by atoms with van der Waals surface area (Å²) >= 11 is 0. The van der Waals surface area contributed by atoms with E-state index in [1.165, 1.54) is 37.8 Å². The van der Waals surface area contributed by atoms with Crippen molar-refractivity contribution in [3.05, 3.63) is 29.8 Å². The summed E-state index contributed by atoms with van der Waals surface area (Å²) in [6.07, 6.45) is 5.08. The normalized spacial score (nSPS) is 22.9. The van der Waals surface area contributed by atoms with Gasteiger partial charge in [0, 0.05) is 11.7 Å². The number of amides is 1. The molecule has 0 bridgehead atoms. The summed E-state index contributed by atoms with van der Waals surface area (Å²) in [5.74, 6) is 1.32. The first kappa shape index (κ1) is 17.4. The van der Waals surface area contributed by atoms with Crippen LogP contribution in [-0.2, 0) is 4.79 Å². The highest BCUT2D eigenvalue weighted by Gasteiger charge is 2.28. The van der Waals surface area contributed by atoms with Gasteiger partial charge in [-0.2, -0.15) is 0 Å². The van der Waals surface area contributed by atoms with Crippen LogP contribution in [0.1, 0.15) is 51.0 Å². The van der Waals surface area contributed by atoms with Gasteiger partial charge in [-0.1, -0.05) is 32.0 Å². The number of rotatable bonds is 5. The first-order valence-corrected chi connectivity index (χ1v) is 9.48. The van der Waals surface area contributed by atoms with E-state index in [1.807, 2.05) is 18.2 Å². The summed E-state index contributed by atoms with van der Waals surface area (Å²) in [4.78, 5) is 14.7. The maximum Gasteiger partial charge on any atom is 0.238 e. The van der Waals surface area contributed by atoms with Crippen LogP contribution in [0.4, 0.5) is 5.69 Å². The minimum absolute atomic E-state index is 0.112. The Kier molecular flexibility index (Phi) is 5.90. The number of anilines is 1. The molecule has 2 saturated heterocycles. The van der Waals surface area contributed by atoms with Crippen molar-refractivity contribution in [2.75, 3.05) is 31.5 Å². The molecular formula is C20H31N3O. The second-order valence-electron chi connectivity index (χ2n) is 7.61. The third-order valence-corrected chi connectivity index (χ3v) is 5.52. The number of hydrogen-bond donors (Lipinski definition) is 2. The minimum Gasteiger partial charge on any atom is -0.325 e. The molecule has 1 amide bonds. The van der Waals surface area contributed by atoms with E-state index in [4.69, 9.17) is 0 Å². The molecule has 3 rings (SSSR count). The second-order valence-corrected chi connectivity index (χ2v) is 7.61. The van der Waals surface area contributed by atoms with E-state index in [9.17, 15) is 4.79 Å². The van der Waals surface area contributed by atoms with Crippen molar-refractivity contribution in [1.29, 1.82) is 0 Å².